The van der Waals surface area contributed by atoms with Gasteiger partial charge >= 0.3 is 5.97 Å². The second-order valence-electron chi connectivity index (χ2n) is 3.09. The molecule has 0 bridgehead atoms. The fourth-order valence-electron chi connectivity index (χ4n) is 1.23. The second-order valence-corrected chi connectivity index (χ2v) is 3.09. The summed E-state index contributed by atoms with van der Waals surface area (Å²) in [5, 5.41) is 0. The van der Waals surface area contributed by atoms with E-state index in [1.54, 1.807) is 0 Å². The average Bonchev–Trinajstić information content (AvgIpc) is 2.30. The number of esters is 1. The predicted octanol–water partition coefficient (Wildman–Crippen LogP) is 1.25. The van der Waals surface area contributed by atoms with Crippen LogP contribution in [0, 0.1) is 5.82 Å². The minimum atomic E-state index is -0.923. The Morgan fingerprint density at radius 1 is 1.50 bits per heavy atom. The van der Waals surface area contributed by atoms with Gasteiger partial charge in [0, 0.05) is 6.42 Å². The zero-order valence-electron chi connectivity index (χ0n) is 8.64. The first-order valence-electron chi connectivity index (χ1n) is 4.56. The van der Waals surface area contributed by atoms with Gasteiger partial charge in [-0.2, -0.15) is 4.99 Å². The molecule has 0 N–H and O–H groups in total. The number of carbonyl (C=O) groups is 1. The number of rotatable bonds is 4. The van der Waals surface area contributed by atoms with E-state index < -0.39 is 12.0 Å². The molecule has 1 unspecified atom stereocenters. The quantitative estimate of drug-likeness (QED) is 0.438. The summed E-state index contributed by atoms with van der Waals surface area (Å²) >= 11 is 0. The Morgan fingerprint density at radius 3 is 2.62 bits per heavy atom. The van der Waals surface area contributed by atoms with Crippen LogP contribution in [0.2, 0.25) is 0 Å². The molecule has 84 valence electrons. The van der Waals surface area contributed by atoms with Crippen molar-refractivity contribution in [2.24, 2.45) is 4.99 Å². The highest BCUT2D eigenvalue weighted by Gasteiger charge is 2.18. The summed E-state index contributed by atoms with van der Waals surface area (Å²) < 4.78 is 17.1. The van der Waals surface area contributed by atoms with Gasteiger partial charge in [0.05, 0.1) is 7.11 Å². The van der Waals surface area contributed by atoms with Crippen molar-refractivity contribution in [2.75, 3.05) is 7.11 Å². The molecule has 1 aromatic carbocycles. The smallest absolute Gasteiger partial charge is 0.331 e. The molecule has 0 aliphatic carbocycles. The fourth-order valence-corrected chi connectivity index (χ4v) is 1.23. The first kappa shape index (κ1) is 12.1. The normalized spacial score (nSPS) is 11.4. The molecule has 0 spiro atoms. The Morgan fingerprint density at radius 2 is 2.12 bits per heavy atom. The molecular weight excluding hydrogens is 213 g/mol. The monoisotopic (exact) mass is 223 g/mol. The lowest BCUT2D eigenvalue weighted by atomic mass is 10.1. The molecule has 0 saturated carbocycles. The maximum absolute atomic E-state index is 12.6. The molecule has 1 aromatic rings. The molecule has 1 atom stereocenters. The van der Waals surface area contributed by atoms with E-state index in [1.807, 2.05) is 0 Å². The molecule has 0 saturated heterocycles. The zero-order chi connectivity index (χ0) is 12.0. The van der Waals surface area contributed by atoms with Crippen LogP contribution >= 0.6 is 0 Å². The van der Waals surface area contributed by atoms with Crippen LogP contribution in [0.25, 0.3) is 0 Å². The highest BCUT2D eigenvalue weighted by Crippen LogP contribution is 2.08. The Hall–Kier alpha value is -2.00. The average molecular weight is 223 g/mol. The molecule has 4 nitrogen and oxygen atoms in total. The van der Waals surface area contributed by atoms with Gasteiger partial charge in [-0.3, -0.25) is 0 Å². The molecule has 0 aromatic heterocycles. The van der Waals surface area contributed by atoms with E-state index in [-0.39, 0.29) is 12.2 Å². The molecule has 5 heteroatoms. The van der Waals surface area contributed by atoms with Crippen LogP contribution in [0.4, 0.5) is 4.39 Å². The molecule has 0 aliphatic rings. The number of halogens is 1. The third-order valence-corrected chi connectivity index (χ3v) is 2.02. The van der Waals surface area contributed by atoms with Crippen LogP contribution in [-0.2, 0) is 20.7 Å². The van der Waals surface area contributed by atoms with Crippen molar-refractivity contribution in [3.63, 3.8) is 0 Å². The van der Waals surface area contributed by atoms with Crippen molar-refractivity contribution in [1.29, 1.82) is 0 Å². The van der Waals surface area contributed by atoms with Gasteiger partial charge in [0.15, 0.2) is 6.04 Å². The molecule has 1 rings (SSSR count). The van der Waals surface area contributed by atoms with E-state index in [4.69, 9.17) is 0 Å². The number of hydrogen-bond acceptors (Lipinski definition) is 4. The van der Waals surface area contributed by atoms with E-state index in [2.05, 4.69) is 9.73 Å². The van der Waals surface area contributed by atoms with Crippen molar-refractivity contribution >= 4 is 12.0 Å². The zero-order valence-corrected chi connectivity index (χ0v) is 8.64. The SMILES string of the molecule is COC(=O)C(Cc1ccc(F)cc1)N=C=O. The van der Waals surface area contributed by atoms with Gasteiger partial charge in [0.1, 0.15) is 5.82 Å². The molecule has 0 fully saturated rings. The van der Waals surface area contributed by atoms with E-state index in [1.165, 1.54) is 37.5 Å². The van der Waals surface area contributed by atoms with Crippen LogP contribution in [0.5, 0.6) is 0 Å². The van der Waals surface area contributed by atoms with Gasteiger partial charge in [-0.1, -0.05) is 12.1 Å². The van der Waals surface area contributed by atoms with E-state index >= 15 is 0 Å². The minimum Gasteiger partial charge on any atom is -0.467 e. The van der Waals surface area contributed by atoms with Crippen molar-refractivity contribution in [2.45, 2.75) is 12.5 Å². The van der Waals surface area contributed by atoms with Crippen molar-refractivity contribution < 1.29 is 18.7 Å². The lowest BCUT2D eigenvalue weighted by molar-refractivity contribution is -0.142. The van der Waals surface area contributed by atoms with Crippen LogP contribution in [0.3, 0.4) is 0 Å². The largest absolute Gasteiger partial charge is 0.467 e. The summed E-state index contributed by atoms with van der Waals surface area (Å²) in [5.41, 5.74) is 0.691. The van der Waals surface area contributed by atoms with Gasteiger partial charge in [-0.25, -0.2) is 14.0 Å². The Balaban J connectivity index is 2.79. The molecule has 0 radical (unpaired) electrons. The molecule has 0 aliphatic heterocycles. The lowest BCUT2D eigenvalue weighted by Gasteiger charge is -2.07. The Labute approximate surface area is 91.8 Å². The van der Waals surface area contributed by atoms with Crippen LogP contribution in [-0.4, -0.2) is 25.2 Å². The number of hydrogen-bond donors (Lipinski definition) is 0. The van der Waals surface area contributed by atoms with Crippen LogP contribution in [0.1, 0.15) is 5.56 Å². The topological polar surface area (TPSA) is 55.7 Å². The number of aliphatic imine (C=N–C) groups is 1. The number of nitrogens with zero attached hydrogens (tertiary/aromatic N) is 1. The molecule has 16 heavy (non-hydrogen) atoms. The van der Waals surface area contributed by atoms with Gasteiger partial charge in [0.2, 0.25) is 6.08 Å². The van der Waals surface area contributed by atoms with E-state index in [9.17, 15) is 14.0 Å². The summed E-state index contributed by atoms with van der Waals surface area (Å²) in [5.74, 6) is -0.982. The van der Waals surface area contributed by atoms with Crippen LogP contribution in [0.15, 0.2) is 29.3 Å². The maximum Gasteiger partial charge on any atom is 0.331 e. The highest BCUT2D eigenvalue weighted by atomic mass is 19.1. The summed E-state index contributed by atoms with van der Waals surface area (Å²) in [6.07, 6.45) is 1.50. The van der Waals surface area contributed by atoms with Gasteiger partial charge in [-0.15, -0.1) is 0 Å². The van der Waals surface area contributed by atoms with Crippen molar-refractivity contribution in [3.05, 3.63) is 35.6 Å². The third-order valence-electron chi connectivity index (χ3n) is 2.02. The highest BCUT2D eigenvalue weighted by molar-refractivity contribution is 5.77. The molecule has 0 amide bonds. The van der Waals surface area contributed by atoms with Crippen LogP contribution < -0.4 is 0 Å². The van der Waals surface area contributed by atoms with Gasteiger partial charge in [0.25, 0.3) is 0 Å². The summed E-state index contributed by atoms with van der Waals surface area (Å²) in [7, 11) is 1.21. The fraction of sp³-hybridized carbons (Fsp3) is 0.273. The predicted molar refractivity (Wildman–Crippen MR) is 54.0 cm³/mol. The van der Waals surface area contributed by atoms with Crippen molar-refractivity contribution in [1.82, 2.24) is 0 Å². The van der Waals surface area contributed by atoms with E-state index in [0.717, 1.165) is 0 Å². The van der Waals surface area contributed by atoms with Gasteiger partial charge < -0.3 is 4.74 Å². The van der Waals surface area contributed by atoms with Crippen molar-refractivity contribution in [3.8, 4) is 0 Å². The summed E-state index contributed by atoms with van der Waals surface area (Å²) in [6.45, 7) is 0. The summed E-state index contributed by atoms with van der Waals surface area (Å²) in [4.78, 5) is 24.7. The number of carbonyl (C=O) groups excluding carboxylic acids is 2. The summed E-state index contributed by atoms with van der Waals surface area (Å²) in [6, 6.07) is 4.66. The first-order chi connectivity index (χ1) is 7.67. The Kier molecular flexibility index (Phi) is 4.36. The number of benzene rings is 1. The number of ether oxygens (including phenoxy) is 1. The van der Waals surface area contributed by atoms with Gasteiger partial charge in [-0.05, 0) is 17.7 Å². The van der Waals surface area contributed by atoms with E-state index in [0.29, 0.717) is 5.56 Å². The standard InChI is InChI=1S/C11H10FNO3/c1-16-11(15)10(13-7-14)6-8-2-4-9(12)5-3-8/h2-5,10H,6H2,1H3. The lowest BCUT2D eigenvalue weighted by Crippen LogP contribution is -2.22. The second kappa shape index (κ2) is 5.78. The molecule has 0 heterocycles. The maximum atomic E-state index is 12.6. The third kappa shape index (κ3) is 3.29. The first-order valence-corrected chi connectivity index (χ1v) is 4.56. The Bertz CT molecular complexity index is 410. The minimum absolute atomic E-state index is 0.183. The molecular formula is C11H10FNO3. The number of methoxy groups -OCH3 is 1. The number of isocyanates is 1.